The first-order valence-corrected chi connectivity index (χ1v) is 7.51. The lowest BCUT2D eigenvalue weighted by Crippen LogP contribution is -2.60. The summed E-state index contributed by atoms with van der Waals surface area (Å²) in [6.45, 7) is 4.41. The molecule has 19 heavy (non-hydrogen) atoms. The molecule has 0 saturated carbocycles. The van der Waals surface area contributed by atoms with E-state index in [0.717, 1.165) is 36.8 Å². The van der Waals surface area contributed by atoms with Crippen LogP contribution in [0.3, 0.4) is 0 Å². The van der Waals surface area contributed by atoms with E-state index in [2.05, 4.69) is 27.4 Å². The van der Waals surface area contributed by atoms with E-state index < -0.39 is 5.60 Å². The van der Waals surface area contributed by atoms with Gasteiger partial charge in [-0.25, -0.2) is 4.98 Å². The van der Waals surface area contributed by atoms with Crippen LogP contribution >= 0.6 is 11.3 Å². The lowest BCUT2D eigenvalue weighted by atomic mass is 9.91. The van der Waals surface area contributed by atoms with Gasteiger partial charge in [0.25, 0.3) is 0 Å². The van der Waals surface area contributed by atoms with Crippen LogP contribution in [0.4, 0.5) is 0 Å². The molecule has 100 valence electrons. The smallest absolute Gasteiger partial charge is 0.123 e. The summed E-state index contributed by atoms with van der Waals surface area (Å²) in [4.78, 5) is 6.91. The second-order valence-electron chi connectivity index (χ2n) is 5.23. The molecule has 1 fully saturated rings. The predicted molar refractivity (Wildman–Crippen MR) is 78.1 cm³/mol. The fourth-order valence-electron chi connectivity index (χ4n) is 2.44. The summed E-state index contributed by atoms with van der Waals surface area (Å²) in [7, 11) is 0. The van der Waals surface area contributed by atoms with Crippen LogP contribution in [0, 0.1) is 0 Å². The molecule has 1 aliphatic heterocycles. The number of thiazole rings is 1. The minimum Gasteiger partial charge on any atom is -0.387 e. The van der Waals surface area contributed by atoms with Crippen molar-refractivity contribution in [2.45, 2.75) is 25.5 Å². The third-order valence-electron chi connectivity index (χ3n) is 3.65. The second-order valence-corrected chi connectivity index (χ2v) is 6.09. The van der Waals surface area contributed by atoms with Gasteiger partial charge >= 0.3 is 0 Å². The first-order valence-electron chi connectivity index (χ1n) is 6.63. The minimum absolute atomic E-state index is 0.460. The van der Waals surface area contributed by atoms with Crippen molar-refractivity contribution in [3.63, 3.8) is 0 Å². The molecule has 0 aliphatic carbocycles. The Morgan fingerprint density at radius 3 is 2.74 bits per heavy atom. The molecule has 0 radical (unpaired) electrons. The van der Waals surface area contributed by atoms with Crippen molar-refractivity contribution < 1.29 is 5.11 Å². The van der Waals surface area contributed by atoms with Crippen LogP contribution < -0.4 is 0 Å². The van der Waals surface area contributed by atoms with Crippen molar-refractivity contribution in [3.05, 3.63) is 41.4 Å². The van der Waals surface area contributed by atoms with E-state index in [1.165, 1.54) is 5.56 Å². The molecule has 0 atom stereocenters. The molecule has 0 bridgehead atoms. The van der Waals surface area contributed by atoms with Crippen LogP contribution in [0.15, 0.2) is 35.7 Å². The van der Waals surface area contributed by atoms with Crippen LogP contribution in [0.25, 0.3) is 10.6 Å². The van der Waals surface area contributed by atoms with E-state index in [-0.39, 0.29) is 0 Å². The maximum absolute atomic E-state index is 9.99. The molecule has 3 nitrogen and oxygen atoms in total. The third kappa shape index (κ3) is 2.71. The lowest BCUT2D eigenvalue weighted by molar-refractivity contribution is -0.103. The SMILES string of the molecule is CCC1(O)CN(Cc2csc(-c3ccccc3)n2)C1. The summed E-state index contributed by atoms with van der Waals surface area (Å²) in [5.74, 6) is 0. The highest BCUT2D eigenvalue weighted by molar-refractivity contribution is 7.13. The Kier molecular flexibility index (Phi) is 3.39. The van der Waals surface area contributed by atoms with E-state index in [9.17, 15) is 5.11 Å². The average Bonchev–Trinajstić information content (AvgIpc) is 2.86. The molecule has 0 unspecified atom stereocenters. The molecule has 2 aromatic rings. The highest BCUT2D eigenvalue weighted by Gasteiger charge is 2.39. The maximum atomic E-state index is 9.99. The van der Waals surface area contributed by atoms with Gasteiger partial charge in [-0.2, -0.15) is 0 Å². The normalized spacial score (nSPS) is 18.2. The molecule has 1 N–H and O–H groups in total. The fraction of sp³-hybridized carbons (Fsp3) is 0.400. The van der Waals surface area contributed by atoms with Crippen LogP contribution in [-0.4, -0.2) is 33.7 Å². The van der Waals surface area contributed by atoms with Gasteiger partial charge in [-0.05, 0) is 6.42 Å². The number of β-amino-alcohol motifs (C(OH)–C–C–N with tert-alkyl or cyclic N) is 1. The number of hydrogen-bond acceptors (Lipinski definition) is 4. The Bertz CT molecular complexity index is 546. The molecule has 0 amide bonds. The summed E-state index contributed by atoms with van der Waals surface area (Å²) in [5.41, 5.74) is 1.81. The predicted octanol–water partition coefficient (Wildman–Crippen LogP) is 2.77. The highest BCUT2D eigenvalue weighted by atomic mass is 32.1. The molecular formula is C15H18N2OS. The number of hydrogen-bond donors (Lipinski definition) is 1. The van der Waals surface area contributed by atoms with Gasteiger partial charge in [-0.3, -0.25) is 4.90 Å². The zero-order chi connectivity index (χ0) is 13.3. The van der Waals surface area contributed by atoms with Crippen LogP contribution in [0.5, 0.6) is 0 Å². The number of likely N-dealkylation sites (tertiary alicyclic amines) is 1. The minimum atomic E-state index is -0.460. The number of aliphatic hydroxyl groups is 1. The lowest BCUT2D eigenvalue weighted by Gasteiger charge is -2.45. The van der Waals surface area contributed by atoms with Gasteiger partial charge in [0.15, 0.2) is 0 Å². The van der Waals surface area contributed by atoms with Crippen LogP contribution in [0.2, 0.25) is 0 Å². The Hall–Kier alpha value is -1.23. The molecule has 1 aliphatic rings. The fourth-order valence-corrected chi connectivity index (χ4v) is 3.26. The van der Waals surface area contributed by atoms with E-state index in [0.29, 0.717) is 0 Å². The van der Waals surface area contributed by atoms with Crippen molar-refractivity contribution in [3.8, 4) is 10.6 Å². The quantitative estimate of drug-likeness (QED) is 0.931. The first-order chi connectivity index (χ1) is 9.18. The van der Waals surface area contributed by atoms with E-state index in [4.69, 9.17) is 0 Å². The molecule has 1 aromatic heterocycles. The molecule has 1 aromatic carbocycles. The van der Waals surface area contributed by atoms with Crippen molar-refractivity contribution in [1.82, 2.24) is 9.88 Å². The first kappa shape index (κ1) is 12.8. The van der Waals surface area contributed by atoms with Gasteiger partial charge in [0.2, 0.25) is 0 Å². The zero-order valence-corrected chi connectivity index (χ0v) is 11.9. The molecule has 2 heterocycles. The van der Waals surface area contributed by atoms with Gasteiger partial charge in [0, 0.05) is 30.6 Å². The summed E-state index contributed by atoms with van der Waals surface area (Å²) in [5, 5.41) is 13.2. The highest BCUT2D eigenvalue weighted by Crippen LogP contribution is 2.28. The van der Waals surface area contributed by atoms with Gasteiger partial charge in [-0.1, -0.05) is 37.3 Å². The van der Waals surface area contributed by atoms with Crippen molar-refractivity contribution in [2.24, 2.45) is 0 Å². The van der Waals surface area contributed by atoms with Crippen molar-refractivity contribution in [2.75, 3.05) is 13.1 Å². The maximum Gasteiger partial charge on any atom is 0.123 e. The van der Waals surface area contributed by atoms with Crippen LogP contribution in [0.1, 0.15) is 19.0 Å². The van der Waals surface area contributed by atoms with E-state index >= 15 is 0 Å². The van der Waals surface area contributed by atoms with Crippen molar-refractivity contribution in [1.29, 1.82) is 0 Å². The summed E-state index contributed by atoms with van der Waals surface area (Å²) in [6.07, 6.45) is 0.829. The Morgan fingerprint density at radius 1 is 1.32 bits per heavy atom. The van der Waals surface area contributed by atoms with E-state index in [1.54, 1.807) is 11.3 Å². The summed E-state index contributed by atoms with van der Waals surface area (Å²) in [6, 6.07) is 10.3. The largest absolute Gasteiger partial charge is 0.387 e. The van der Waals surface area contributed by atoms with Gasteiger partial charge < -0.3 is 5.11 Å². The summed E-state index contributed by atoms with van der Waals surface area (Å²) >= 11 is 1.68. The van der Waals surface area contributed by atoms with Crippen molar-refractivity contribution >= 4 is 11.3 Å². The number of rotatable bonds is 4. The Balaban J connectivity index is 1.64. The monoisotopic (exact) mass is 274 g/mol. The molecule has 1 saturated heterocycles. The number of nitrogens with zero attached hydrogens (tertiary/aromatic N) is 2. The molecule has 3 rings (SSSR count). The van der Waals surface area contributed by atoms with Crippen LogP contribution in [-0.2, 0) is 6.54 Å². The summed E-state index contributed by atoms with van der Waals surface area (Å²) < 4.78 is 0. The standard InChI is InChI=1S/C15H18N2OS/c1-2-15(18)10-17(11-15)8-13-9-19-14(16-13)12-6-4-3-5-7-12/h3-7,9,18H,2,8,10-11H2,1H3. The van der Waals surface area contributed by atoms with Gasteiger partial charge in [-0.15, -0.1) is 11.3 Å². The Labute approximate surface area is 117 Å². The zero-order valence-electron chi connectivity index (χ0n) is 11.0. The van der Waals surface area contributed by atoms with Gasteiger partial charge in [0.1, 0.15) is 5.01 Å². The van der Waals surface area contributed by atoms with Gasteiger partial charge in [0.05, 0.1) is 11.3 Å². The molecular weight excluding hydrogens is 256 g/mol. The number of aromatic nitrogens is 1. The van der Waals surface area contributed by atoms with E-state index in [1.807, 2.05) is 25.1 Å². The molecule has 4 heteroatoms. The Morgan fingerprint density at radius 2 is 2.05 bits per heavy atom. The average molecular weight is 274 g/mol. The number of benzene rings is 1. The topological polar surface area (TPSA) is 36.4 Å². The third-order valence-corrected chi connectivity index (χ3v) is 4.59. The second kappa shape index (κ2) is 5.04. The molecule has 0 spiro atoms.